The summed E-state index contributed by atoms with van der Waals surface area (Å²) in [6.45, 7) is 0.360. The first kappa shape index (κ1) is 19.8. The van der Waals surface area contributed by atoms with Gasteiger partial charge in [0.1, 0.15) is 0 Å². The SMILES string of the molecule is COc1cccc(CNC(=O)CSCc2nc(-c3ccccc3)no2)c1OC. The molecule has 0 aliphatic heterocycles. The Morgan fingerprint density at radius 3 is 2.68 bits per heavy atom. The number of methoxy groups -OCH3 is 2. The standard InChI is InChI=1S/C20H21N3O4S/c1-25-16-10-6-9-15(19(16)26-2)11-21-17(24)12-28-13-18-22-20(23-27-18)14-7-4-3-5-8-14/h3-10H,11-13H2,1-2H3,(H,21,24). The number of thioether (sulfide) groups is 1. The summed E-state index contributed by atoms with van der Waals surface area (Å²) in [4.78, 5) is 16.5. The molecule has 0 unspecified atom stereocenters. The number of carbonyl (C=O) groups is 1. The van der Waals surface area contributed by atoms with Crippen molar-refractivity contribution >= 4 is 17.7 Å². The number of hydrogen-bond donors (Lipinski definition) is 1. The summed E-state index contributed by atoms with van der Waals surface area (Å²) in [5, 5.41) is 6.85. The maximum atomic E-state index is 12.1. The Hall–Kier alpha value is -3.00. The summed E-state index contributed by atoms with van der Waals surface area (Å²) in [6.07, 6.45) is 0. The summed E-state index contributed by atoms with van der Waals surface area (Å²) < 4.78 is 15.9. The minimum Gasteiger partial charge on any atom is -0.493 e. The van der Waals surface area contributed by atoms with E-state index in [0.29, 0.717) is 35.5 Å². The summed E-state index contributed by atoms with van der Waals surface area (Å²) in [5.74, 6) is 2.96. The van der Waals surface area contributed by atoms with Crippen molar-refractivity contribution in [3.8, 4) is 22.9 Å². The van der Waals surface area contributed by atoms with E-state index in [9.17, 15) is 4.79 Å². The van der Waals surface area contributed by atoms with E-state index in [0.717, 1.165) is 11.1 Å². The molecule has 0 bridgehead atoms. The topological polar surface area (TPSA) is 86.5 Å². The number of aromatic nitrogens is 2. The summed E-state index contributed by atoms with van der Waals surface area (Å²) in [6, 6.07) is 15.2. The van der Waals surface area contributed by atoms with Crippen molar-refractivity contribution in [3.63, 3.8) is 0 Å². The highest BCUT2D eigenvalue weighted by molar-refractivity contribution is 7.99. The van der Waals surface area contributed by atoms with E-state index < -0.39 is 0 Å². The van der Waals surface area contributed by atoms with Crippen molar-refractivity contribution in [1.29, 1.82) is 0 Å². The lowest BCUT2D eigenvalue weighted by Crippen LogP contribution is -2.24. The predicted octanol–water partition coefficient (Wildman–Crippen LogP) is 3.30. The molecule has 0 aliphatic carbocycles. The molecule has 146 valence electrons. The lowest BCUT2D eigenvalue weighted by Gasteiger charge is -2.13. The van der Waals surface area contributed by atoms with Crippen LogP contribution in [0, 0.1) is 0 Å². The smallest absolute Gasteiger partial charge is 0.236 e. The van der Waals surface area contributed by atoms with Crippen LogP contribution in [0.25, 0.3) is 11.4 Å². The molecule has 1 amide bonds. The number of para-hydroxylation sites is 1. The molecule has 0 atom stereocenters. The second-order valence-electron chi connectivity index (χ2n) is 5.80. The van der Waals surface area contributed by atoms with Gasteiger partial charge in [-0.15, -0.1) is 11.8 Å². The molecule has 8 heteroatoms. The number of rotatable bonds is 9. The van der Waals surface area contributed by atoms with Gasteiger partial charge in [0.25, 0.3) is 0 Å². The lowest BCUT2D eigenvalue weighted by molar-refractivity contribution is -0.118. The molecule has 3 rings (SSSR count). The molecule has 0 saturated carbocycles. The fourth-order valence-corrected chi connectivity index (χ4v) is 3.27. The average Bonchev–Trinajstić information content (AvgIpc) is 3.21. The first-order valence-corrected chi connectivity index (χ1v) is 9.79. The van der Waals surface area contributed by atoms with Crippen LogP contribution in [0.15, 0.2) is 53.1 Å². The Morgan fingerprint density at radius 1 is 1.11 bits per heavy atom. The average molecular weight is 399 g/mol. The molecular formula is C20H21N3O4S. The highest BCUT2D eigenvalue weighted by atomic mass is 32.2. The van der Waals surface area contributed by atoms with Gasteiger partial charge in [-0.3, -0.25) is 4.79 Å². The van der Waals surface area contributed by atoms with Crippen molar-refractivity contribution < 1.29 is 18.8 Å². The Balaban J connectivity index is 1.46. The van der Waals surface area contributed by atoms with Gasteiger partial charge in [0.15, 0.2) is 11.5 Å². The van der Waals surface area contributed by atoms with Gasteiger partial charge in [-0.05, 0) is 6.07 Å². The minimum absolute atomic E-state index is 0.0855. The fourth-order valence-electron chi connectivity index (χ4n) is 2.59. The molecule has 28 heavy (non-hydrogen) atoms. The zero-order chi connectivity index (χ0) is 19.8. The molecule has 1 N–H and O–H groups in total. The summed E-state index contributed by atoms with van der Waals surface area (Å²) in [7, 11) is 3.16. The van der Waals surface area contributed by atoms with Gasteiger partial charge < -0.3 is 19.3 Å². The number of benzene rings is 2. The number of amides is 1. The largest absolute Gasteiger partial charge is 0.493 e. The molecule has 0 radical (unpaired) electrons. The van der Waals surface area contributed by atoms with E-state index >= 15 is 0 Å². The Labute approximate surface area is 167 Å². The molecule has 1 aromatic heterocycles. The second kappa shape index (κ2) is 9.80. The Bertz CT molecular complexity index is 915. The second-order valence-corrected chi connectivity index (χ2v) is 6.79. The number of nitrogens with zero attached hydrogens (tertiary/aromatic N) is 2. The number of hydrogen-bond acceptors (Lipinski definition) is 7. The van der Waals surface area contributed by atoms with E-state index in [1.54, 1.807) is 14.2 Å². The van der Waals surface area contributed by atoms with Crippen molar-refractivity contribution in [2.24, 2.45) is 0 Å². The number of nitrogens with one attached hydrogen (secondary N) is 1. The van der Waals surface area contributed by atoms with Gasteiger partial charge in [0, 0.05) is 17.7 Å². The third kappa shape index (κ3) is 5.04. The molecule has 3 aromatic rings. The lowest BCUT2D eigenvalue weighted by atomic mass is 10.2. The monoisotopic (exact) mass is 399 g/mol. The molecule has 0 saturated heterocycles. The van der Waals surface area contributed by atoms with Crippen LogP contribution >= 0.6 is 11.8 Å². The Kier molecular flexibility index (Phi) is 6.91. The molecule has 7 nitrogen and oxygen atoms in total. The highest BCUT2D eigenvalue weighted by Crippen LogP contribution is 2.30. The Morgan fingerprint density at radius 2 is 1.93 bits per heavy atom. The summed E-state index contributed by atoms with van der Waals surface area (Å²) >= 11 is 1.41. The number of carbonyl (C=O) groups excluding carboxylic acids is 1. The third-order valence-electron chi connectivity index (χ3n) is 3.92. The van der Waals surface area contributed by atoms with Crippen LogP contribution in [0.2, 0.25) is 0 Å². The van der Waals surface area contributed by atoms with E-state index in [1.807, 2.05) is 48.5 Å². The zero-order valence-electron chi connectivity index (χ0n) is 15.7. The van der Waals surface area contributed by atoms with Crippen LogP contribution in [0.5, 0.6) is 11.5 Å². The zero-order valence-corrected chi connectivity index (χ0v) is 16.5. The highest BCUT2D eigenvalue weighted by Gasteiger charge is 2.12. The quantitative estimate of drug-likeness (QED) is 0.591. The van der Waals surface area contributed by atoms with Crippen molar-refractivity contribution in [2.75, 3.05) is 20.0 Å². The van der Waals surface area contributed by atoms with Gasteiger partial charge in [0.05, 0.1) is 25.7 Å². The van der Waals surface area contributed by atoms with E-state index in [1.165, 1.54) is 11.8 Å². The van der Waals surface area contributed by atoms with Crippen LogP contribution in [-0.2, 0) is 17.1 Å². The van der Waals surface area contributed by atoms with Crippen LogP contribution < -0.4 is 14.8 Å². The third-order valence-corrected chi connectivity index (χ3v) is 4.84. The molecule has 0 fully saturated rings. The van der Waals surface area contributed by atoms with E-state index in [-0.39, 0.29) is 11.7 Å². The fraction of sp³-hybridized carbons (Fsp3) is 0.250. The van der Waals surface area contributed by atoms with Gasteiger partial charge in [-0.25, -0.2) is 0 Å². The number of ether oxygens (including phenoxy) is 2. The van der Waals surface area contributed by atoms with Crippen molar-refractivity contribution in [3.05, 3.63) is 60.0 Å². The van der Waals surface area contributed by atoms with Crippen LogP contribution in [0.4, 0.5) is 0 Å². The summed E-state index contributed by atoms with van der Waals surface area (Å²) in [5.41, 5.74) is 1.75. The maximum absolute atomic E-state index is 12.1. The van der Waals surface area contributed by atoms with Gasteiger partial charge in [-0.2, -0.15) is 4.98 Å². The minimum atomic E-state index is -0.0855. The van der Waals surface area contributed by atoms with Gasteiger partial charge in [0.2, 0.25) is 17.6 Å². The molecule has 1 heterocycles. The predicted molar refractivity (Wildman–Crippen MR) is 107 cm³/mol. The first-order valence-electron chi connectivity index (χ1n) is 8.63. The van der Waals surface area contributed by atoms with Crippen molar-refractivity contribution in [2.45, 2.75) is 12.3 Å². The first-order chi connectivity index (χ1) is 13.7. The molecule has 0 aliphatic rings. The van der Waals surface area contributed by atoms with Crippen LogP contribution in [0.1, 0.15) is 11.5 Å². The van der Waals surface area contributed by atoms with Crippen molar-refractivity contribution in [1.82, 2.24) is 15.5 Å². The van der Waals surface area contributed by atoms with Crippen LogP contribution in [-0.4, -0.2) is 36.0 Å². The van der Waals surface area contributed by atoms with E-state index in [2.05, 4.69) is 15.5 Å². The molecular weight excluding hydrogens is 378 g/mol. The maximum Gasteiger partial charge on any atom is 0.236 e. The van der Waals surface area contributed by atoms with E-state index in [4.69, 9.17) is 14.0 Å². The normalized spacial score (nSPS) is 10.5. The van der Waals surface area contributed by atoms with Gasteiger partial charge >= 0.3 is 0 Å². The van der Waals surface area contributed by atoms with Gasteiger partial charge in [-0.1, -0.05) is 47.6 Å². The molecule has 0 spiro atoms. The van der Waals surface area contributed by atoms with Crippen LogP contribution in [0.3, 0.4) is 0 Å². The molecule has 2 aromatic carbocycles.